The molecule has 2 atom stereocenters. The lowest BCUT2D eigenvalue weighted by molar-refractivity contribution is -0.156. The van der Waals surface area contributed by atoms with Crippen LogP contribution >= 0.6 is 23.4 Å². The summed E-state index contributed by atoms with van der Waals surface area (Å²) in [5.41, 5.74) is -1.85. The number of thioether (sulfide) groups is 1. The Morgan fingerprint density at radius 1 is 1.32 bits per heavy atom. The Labute approximate surface area is 155 Å². The zero-order valence-electron chi connectivity index (χ0n) is 13.9. The molecule has 0 heterocycles. The van der Waals surface area contributed by atoms with E-state index in [-0.39, 0.29) is 10.6 Å². The molecule has 1 aromatic rings. The molecule has 9 heteroatoms. The van der Waals surface area contributed by atoms with Gasteiger partial charge in [0.2, 0.25) is 5.91 Å². The number of carbonyl (C=O) groups is 3. The third kappa shape index (κ3) is 6.56. The zero-order valence-corrected chi connectivity index (χ0v) is 15.5. The second kappa shape index (κ2) is 9.65. The molecule has 138 valence electrons. The fraction of sp³-hybridized carbons (Fsp3) is 0.438. The molecule has 2 unspecified atom stereocenters. The fourth-order valence-electron chi connectivity index (χ4n) is 1.84. The summed E-state index contributed by atoms with van der Waals surface area (Å²) in [5.74, 6) is -1.92. The monoisotopic (exact) mass is 388 g/mol. The molecule has 7 nitrogen and oxygen atoms in total. The van der Waals surface area contributed by atoms with E-state index in [1.54, 1.807) is 18.2 Å². The molecular weight excluding hydrogens is 368 g/mol. The van der Waals surface area contributed by atoms with Gasteiger partial charge >= 0.3 is 5.97 Å². The summed E-state index contributed by atoms with van der Waals surface area (Å²) in [7, 11) is 0. The topological polar surface area (TPSA) is 116 Å². The van der Waals surface area contributed by atoms with E-state index in [1.165, 1.54) is 17.8 Å². The summed E-state index contributed by atoms with van der Waals surface area (Å²) in [6.07, 6.45) is 2.21. The van der Waals surface area contributed by atoms with Crippen LogP contribution in [0.2, 0.25) is 5.02 Å². The highest BCUT2D eigenvalue weighted by Crippen LogP contribution is 2.15. The predicted molar refractivity (Wildman–Crippen MR) is 97.0 cm³/mol. The molecule has 0 aliphatic heterocycles. The minimum absolute atomic E-state index is 0.239. The molecule has 0 saturated carbocycles. The van der Waals surface area contributed by atoms with Crippen molar-refractivity contribution in [3.05, 3.63) is 34.9 Å². The number of carboxylic acids is 1. The highest BCUT2D eigenvalue weighted by Gasteiger charge is 2.31. The van der Waals surface area contributed by atoms with E-state index < -0.39 is 36.0 Å². The number of rotatable bonds is 9. The van der Waals surface area contributed by atoms with Crippen molar-refractivity contribution in [3.63, 3.8) is 0 Å². The van der Waals surface area contributed by atoms with Crippen molar-refractivity contribution >= 4 is 41.1 Å². The average Bonchev–Trinajstić information content (AvgIpc) is 2.56. The van der Waals surface area contributed by atoms with Crippen LogP contribution in [0.15, 0.2) is 24.3 Å². The van der Waals surface area contributed by atoms with Gasteiger partial charge in [-0.1, -0.05) is 23.7 Å². The van der Waals surface area contributed by atoms with Crippen LogP contribution in [0.5, 0.6) is 0 Å². The average molecular weight is 389 g/mol. The predicted octanol–water partition coefficient (Wildman–Crippen LogP) is 1.14. The van der Waals surface area contributed by atoms with Crippen molar-refractivity contribution in [2.24, 2.45) is 0 Å². The second-order valence-corrected chi connectivity index (χ2v) is 6.98. The molecule has 4 N–H and O–H groups in total. The first kappa shape index (κ1) is 21.3. The van der Waals surface area contributed by atoms with Crippen molar-refractivity contribution in [3.8, 4) is 0 Å². The lowest BCUT2D eigenvalue weighted by Crippen LogP contribution is -2.52. The van der Waals surface area contributed by atoms with Gasteiger partial charge in [-0.15, -0.1) is 0 Å². The van der Waals surface area contributed by atoms with Gasteiger partial charge in [-0.05, 0) is 37.5 Å². The largest absolute Gasteiger partial charge is 0.479 e. The van der Waals surface area contributed by atoms with Crippen LogP contribution in [0.1, 0.15) is 23.7 Å². The molecule has 0 saturated heterocycles. The third-order valence-corrected chi connectivity index (χ3v) is 4.39. The van der Waals surface area contributed by atoms with Crippen molar-refractivity contribution in [2.45, 2.75) is 25.0 Å². The van der Waals surface area contributed by atoms with Gasteiger partial charge in [-0.25, -0.2) is 4.79 Å². The Morgan fingerprint density at radius 2 is 1.96 bits per heavy atom. The molecular formula is C16H21ClN2O5S. The first-order valence-electron chi connectivity index (χ1n) is 7.47. The number of benzene rings is 1. The van der Waals surface area contributed by atoms with Crippen molar-refractivity contribution in [1.29, 1.82) is 0 Å². The fourth-order valence-corrected chi connectivity index (χ4v) is 2.54. The maximum absolute atomic E-state index is 12.3. The summed E-state index contributed by atoms with van der Waals surface area (Å²) in [4.78, 5) is 35.5. The molecule has 0 aliphatic carbocycles. The van der Waals surface area contributed by atoms with E-state index in [0.717, 1.165) is 6.92 Å². The Balaban J connectivity index is 2.79. The second-order valence-electron chi connectivity index (χ2n) is 5.58. The molecule has 1 rings (SSSR count). The molecule has 25 heavy (non-hydrogen) atoms. The highest BCUT2D eigenvalue weighted by atomic mass is 35.5. The van der Waals surface area contributed by atoms with Gasteiger partial charge in [0.05, 0.1) is 17.1 Å². The Kier molecular flexibility index (Phi) is 8.21. The number of hydrogen-bond acceptors (Lipinski definition) is 5. The van der Waals surface area contributed by atoms with Gasteiger partial charge in [0.1, 0.15) is 6.04 Å². The van der Waals surface area contributed by atoms with E-state index >= 15 is 0 Å². The van der Waals surface area contributed by atoms with Crippen LogP contribution in [0, 0.1) is 0 Å². The minimum atomic E-state index is -2.09. The number of aliphatic carboxylic acids is 1. The van der Waals surface area contributed by atoms with Gasteiger partial charge in [0.25, 0.3) is 5.91 Å². The number of carbonyl (C=O) groups excluding carboxylic acids is 2. The van der Waals surface area contributed by atoms with Crippen molar-refractivity contribution in [2.75, 3.05) is 18.6 Å². The molecule has 0 fully saturated rings. The van der Waals surface area contributed by atoms with E-state index in [1.807, 2.05) is 6.26 Å². The summed E-state index contributed by atoms with van der Waals surface area (Å²) < 4.78 is 0. The summed E-state index contributed by atoms with van der Waals surface area (Å²) in [6, 6.07) is 5.57. The van der Waals surface area contributed by atoms with Gasteiger partial charge in [-0.2, -0.15) is 11.8 Å². The molecule has 0 aliphatic rings. The normalized spacial score (nSPS) is 14.2. The van der Waals surface area contributed by atoms with E-state index in [9.17, 15) is 19.5 Å². The zero-order chi connectivity index (χ0) is 19.0. The number of nitrogens with one attached hydrogen (secondary N) is 2. The third-order valence-electron chi connectivity index (χ3n) is 3.42. The Bertz CT molecular complexity index is 639. The maximum Gasteiger partial charge on any atom is 0.337 e. The lowest BCUT2D eigenvalue weighted by atomic mass is 10.1. The first-order valence-corrected chi connectivity index (χ1v) is 9.24. The van der Waals surface area contributed by atoms with Gasteiger partial charge in [0, 0.05) is 0 Å². The van der Waals surface area contributed by atoms with Crippen LogP contribution in [0.3, 0.4) is 0 Å². The number of halogens is 1. The van der Waals surface area contributed by atoms with E-state index in [2.05, 4.69) is 10.6 Å². The van der Waals surface area contributed by atoms with Gasteiger partial charge in [0.15, 0.2) is 5.60 Å². The van der Waals surface area contributed by atoms with Crippen LogP contribution in [-0.4, -0.2) is 58.2 Å². The standard InChI is InChI=1S/C16H21ClN2O5S/c1-16(24,15(22)23)9-18-14(21)12(7-8-25-2)19-13(20)10-5-3-4-6-11(10)17/h3-6,12,24H,7-9H2,1-2H3,(H,18,21)(H,19,20)(H,22,23). The maximum atomic E-state index is 12.3. The summed E-state index contributed by atoms with van der Waals surface area (Å²) in [6.45, 7) is 0.605. The molecule has 2 amide bonds. The van der Waals surface area contributed by atoms with Crippen LogP contribution in [0.4, 0.5) is 0 Å². The molecule has 0 spiro atoms. The number of amides is 2. The SMILES string of the molecule is CSCCC(NC(=O)c1ccccc1Cl)C(=O)NCC(C)(O)C(=O)O. The number of hydrogen-bond donors (Lipinski definition) is 4. The summed E-state index contributed by atoms with van der Waals surface area (Å²) in [5, 5.41) is 23.8. The molecule has 0 aromatic heterocycles. The molecule has 1 aromatic carbocycles. The van der Waals surface area contributed by atoms with Crippen LogP contribution in [-0.2, 0) is 9.59 Å². The van der Waals surface area contributed by atoms with Crippen molar-refractivity contribution < 1.29 is 24.6 Å². The van der Waals surface area contributed by atoms with E-state index in [0.29, 0.717) is 12.2 Å². The van der Waals surface area contributed by atoms with Gasteiger partial charge < -0.3 is 20.8 Å². The smallest absolute Gasteiger partial charge is 0.337 e. The lowest BCUT2D eigenvalue weighted by Gasteiger charge is -2.22. The van der Waals surface area contributed by atoms with Crippen LogP contribution < -0.4 is 10.6 Å². The quantitative estimate of drug-likeness (QED) is 0.504. The molecule has 0 radical (unpaired) electrons. The number of carboxylic acid groups (broad SMARTS) is 1. The Hall–Kier alpha value is -1.77. The molecule has 0 bridgehead atoms. The highest BCUT2D eigenvalue weighted by molar-refractivity contribution is 7.98. The van der Waals surface area contributed by atoms with Crippen molar-refractivity contribution in [1.82, 2.24) is 10.6 Å². The Morgan fingerprint density at radius 3 is 2.52 bits per heavy atom. The summed E-state index contributed by atoms with van der Waals surface area (Å²) >= 11 is 7.48. The van der Waals surface area contributed by atoms with Crippen LogP contribution in [0.25, 0.3) is 0 Å². The number of aliphatic hydroxyl groups is 1. The van der Waals surface area contributed by atoms with Gasteiger partial charge in [-0.3, -0.25) is 9.59 Å². The first-order chi connectivity index (χ1) is 11.7. The van der Waals surface area contributed by atoms with E-state index in [4.69, 9.17) is 16.7 Å². The minimum Gasteiger partial charge on any atom is -0.479 e.